The summed E-state index contributed by atoms with van der Waals surface area (Å²) < 4.78 is 8.55. The molecule has 0 aliphatic carbocycles. The van der Waals surface area contributed by atoms with E-state index in [1.54, 1.807) is 0 Å². The molecule has 0 rings (SSSR count). The van der Waals surface area contributed by atoms with Crippen molar-refractivity contribution in [1.29, 1.82) is 0 Å². The van der Waals surface area contributed by atoms with Crippen LogP contribution in [-0.2, 0) is 4.57 Å². The minimum Gasteiger partial charge on any atom is -0.822 e. The summed E-state index contributed by atoms with van der Waals surface area (Å²) >= 11 is 0. The van der Waals surface area contributed by atoms with Crippen LogP contribution in [-0.4, -0.2) is 13.1 Å². The van der Waals surface area contributed by atoms with Crippen LogP contribution in [0.1, 0.15) is 33.6 Å². The molecule has 88 valence electrons. The summed E-state index contributed by atoms with van der Waals surface area (Å²) in [5.41, 5.74) is 0. The maximum absolute atomic E-state index is 8.55. The highest BCUT2D eigenvalue weighted by Crippen LogP contribution is 2.03. The Morgan fingerprint density at radius 3 is 2.00 bits per heavy atom. The number of nitrogens with one attached hydrogen (secondary N) is 1. The Morgan fingerprint density at radius 1 is 1.29 bits per heavy atom. The van der Waals surface area contributed by atoms with E-state index in [1.165, 1.54) is 25.9 Å². The molecule has 14 heavy (non-hydrogen) atoms. The highest BCUT2D eigenvalue weighted by Gasteiger charge is 1.89. The van der Waals surface area contributed by atoms with Gasteiger partial charge in [-0.2, -0.15) is 7.82 Å². The van der Waals surface area contributed by atoms with Crippen LogP contribution in [0.5, 0.6) is 0 Å². The fraction of sp³-hybridized carbons (Fsp3) is 1.00. The second-order valence-electron chi connectivity index (χ2n) is 3.40. The fourth-order valence-corrected chi connectivity index (χ4v) is 0.693. The Balaban J connectivity index is 0. The molecule has 0 unspecified atom stereocenters. The monoisotopic (exact) mass is 224 g/mol. The first-order chi connectivity index (χ1) is 6.27. The molecule has 0 atom stereocenters. The predicted octanol–water partition coefficient (Wildman–Crippen LogP) is -0.792. The van der Waals surface area contributed by atoms with Crippen molar-refractivity contribution in [2.24, 2.45) is 5.92 Å². The smallest absolute Gasteiger partial charge is 0.00258 e. The van der Waals surface area contributed by atoms with E-state index in [1.807, 2.05) is 0 Å². The first kappa shape index (κ1) is 16.5. The van der Waals surface area contributed by atoms with Crippen LogP contribution in [0.3, 0.4) is 0 Å². The molecule has 0 amide bonds. The number of rotatable bonds is 5. The minimum absolute atomic E-state index is 0.793. The van der Waals surface area contributed by atoms with E-state index in [4.69, 9.17) is 19.2 Å². The molecule has 0 saturated carbocycles. The quantitative estimate of drug-likeness (QED) is 0.487. The molecule has 0 aromatic heterocycles. The third-order valence-electron chi connectivity index (χ3n) is 1.26. The van der Waals surface area contributed by atoms with Gasteiger partial charge in [0.15, 0.2) is 0 Å². The first-order valence-electron chi connectivity index (χ1n) is 4.71. The molecule has 0 aliphatic rings. The van der Waals surface area contributed by atoms with Crippen LogP contribution in [0.2, 0.25) is 0 Å². The zero-order valence-electron chi connectivity index (χ0n) is 8.99. The summed E-state index contributed by atoms with van der Waals surface area (Å²) in [6, 6.07) is 0. The molecule has 0 aromatic rings. The number of hydrogen-bond donors (Lipinski definition) is 1. The Labute approximate surface area is 85.8 Å². The SMILES string of the molecule is CCCCNCC(C)C.O=P([O-])([O-])[O-]. The molecule has 0 spiro atoms. The Morgan fingerprint density at radius 2 is 1.71 bits per heavy atom. The molecular formula is C8H19NO4P-3. The van der Waals surface area contributed by atoms with Gasteiger partial charge in [0.25, 0.3) is 0 Å². The summed E-state index contributed by atoms with van der Waals surface area (Å²) in [6.45, 7) is 9.05. The van der Waals surface area contributed by atoms with Crippen LogP contribution in [0.15, 0.2) is 0 Å². The van der Waals surface area contributed by atoms with E-state index in [9.17, 15) is 0 Å². The largest absolute Gasteiger partial charge is 0.822 e. The lowest BCUT2D eigenvalue weighted by Crippen LogP contribution is -2.24. The van der Waals surface area contributed by atoms with Crippen molar-refractivity contribution in [1.82, 2.24) is 5.32 Å². The van der Waals surface area contributed by atoms with Gasteiger partial charge in [-0.1, -0.05) is 27.2 Å². The molecule has 1 N–H and O–H groups in total. The Bertz CT molecular complexity index is 149. The average Bonchev–Trinajstić information content (AvgIpc) is 1.94. The van der Waals surface area contributed by atoms with Crippen LogP contribution < -0.4 is 20.0 Å². The molecule has 0 fully saturated rings. The van der Waals surface area contributed by atoms with Crippen molar-refractivity contribution in [2.75, 3.05) is 13.1 Å². The van der Waals surface area contributed by atoms with Gasteiger partial charge in [-0.3, -0.25) is 0 Å². The van der Waals surface area contributed by atoms with Crippen LogP contribution in [0, 0.1) is 5.92 Å². The van der Waals surface area contributed by atoms with Gasteiger partial charge in [-0.25, -0.2) is 0 Å². The average molecular weight is 224 g/mol. The van der Waals surface area contributed by atoms with Gasteiger partial charge in [0.2, 0.25) is 0 Å². The van der Waals surface area contributed by atoms with Crippen LogP contribution >= 0.6 is 7.82 Å². The third-order valence-corrected chi connectivity index (χ3v) is 1.26. The molecule has 6 heteroatoms. The molecule has 0 aromatic carbocycles. The lowest BCUT2D eigenvalue weighted by Gasteiger charge is -2.36. The lowest BCUT2D eigenvalue weighted by atomic mass is 10.2. The van der Waals surface area contributed by atoms with E-state index in [0.717, 1.165) is 5.92 Å². The Hall–Kier alpha value is 0.0700. The molecule has 0 bridgehead atoms. The topological polar surface area (TPSA) is 98.3 Å². The summed E-state index contributed by atoms with van der Waals surface area (Å²) in [5, 5.41) is 3.39. The van der Waals surface area contributed by atoms with E-state index in [-0.39, 0.29) is 0 Å². The normalized spacial score (nSPS) is 11.1. The molecular weight excluding hydrogens is 205 g/mol. The minimum atomic E-state index is -5.39. The fourth-order valence-electron chi connectivity index (χ4n) is 0.693. The van der Waals surface area contributed by atoms with Gasteiger partial charge < -0.3 is 24.6 Å². The highest BCUT2D eigenvalue weighted by atomic mass is 31.2. The first-order valence-corrected chi connectivity index (χ1v) is 6.17. The van der Waals surface area contributed by atoms with Gasteiger partial charge in [-0.15, -0.1) is 0 Å². The molecule has 5 nitrogen and oxygen atoms in total. The lowest BCUT2D eigenvalue weighted by molar-refractivity contribution is -0.432. The second kappa shape index (κ2) is 9.62. The van der Waals surface area contributed by atoms with E-state index >= 15 is 0 Å². The second-order valence-corrected chi connectivity index (χ2v) is 4.29. The van der Waals surface area contributed by atoms with Crippen molar-refractivity contribution in [2.45, 2.75) is 33.6 Å². The maximum Gasteiger partial charge on any atom is -0.00258 e. The van der Waals surface area contributed by atoms with E-state index in [0.29, 0.717) is 0 Å². The predicted molar refractivity (Wildman–Crippen MR) is 50.2 cm³/mol. The van der Waals surface area contributed by atoms with Crippen molar-refractivity contribution in [3.8, 4) is 0 Å². The van der Waals surface area contributed by atoms with Crippen molar-refractivity contribution in [3.05, 3.63) is 0 Å². The van der Waals surface area contributed by atoms with Gasteiger partial charge >= 0.3 is 0 Å². The van der Waals surface area contributed by atoms with Crippen LogP contribution in [0.4, 0.5) is 0 Å². The molecule has 0 heterocycles. The highest BCUT2D eigenvalue weighted by molar-refractivity contribution is 7.40. The van der Waals surface area contributed by atoms with Gasteiger partial charge in [-0.05, 0) is 25.4 Å². The molecule has 0 radical (unpaired) electrons. The maximum atomic E-state index is 8.55. The van der Waals surface area contributed by atoms with Crippen LogP contribution in [0.25, 0.3) is 0 Å². The van der Waals surface area contributed by atoms with Crippen molar-refractivity contribution >= 4 is 7.82 Å². The van der Waals surface area contributed by atoms with Gasteiger partial charge in [0.1, 0.15) is 0 Å². The summed E-state index contributed by atoms with van der Waals surface area (Å²) in [5.74, 6) is 0.793. The van der Waals surface area contributed by atoms with Gasteiger partial charge in [0.05, 0.1) is 0 Å². The number of phosphoric acid groups is 1. The summed E-state index contributed by atoms with van der Waals surface area (Å²) in [4.78, 5) is 25.6. The van der Waals surface area contributed by atoms with E-state index in [2.05, 4.69) is 26.1 Å². The molecule has 0 aliphatic heterocycles. The Kier molecular flexibility index (Phi) is 11.3. The van der Waals surface area contributed by atoms with E-state index < -0.39 is 7.82 Å². The zero-order valence-corrected chi connectivity index (χ0v) is 9.88. The van der Waals surface area contributed by atoms with Crippen molar-refractivity contribution < 1.29 is 19.2 Å². The third kappa shape index (κ3) is 40.1. The molecule has 0 saturated heterocycles. The number of unbranched alkanes of at least 4 members (excludes halogenated alkanes) is 1. The summed E-state index contributed by atoms with van der Waals surface area (Å²) in [7, 11) is -5.39. The number of hydrogen-bond acceptors (Lipinski definition) is 5. The zero-order chi connectivity index (χ0) is 11.6. The van der Waals surface area contributed by atoms with Gasteiger partial charge in [0, 0.05) is 0 Å². The van der Waals surface area contributed by atoms with Crippen molar-refractivity contribution in [3.63, 3.8) is 0 Å². The standard InChI is InChI=1S/C8H19N.H3O4P/c1-4-5-6-9-7-8(2)3;1-5(2,3)4/h8-9H,4-7H2,1-3H3;(H3,1,2,3,4)/p-3. The summed E-state index contributed by atoms with van der Waals surface area (Å²) in [6.07, 6.45) is 2.61.